The maximum atomic E-state index is 11.1. The number of methoxy groups -OCH3 is 1. The van der Waals surface area contributed by atoms with Crippen molar-refractivity contribution in [3.63, 3.8) is 0 Å². The highest BCUT2D eigenvalue weighted by atomic mass is 35.5. The molecule has 1 atom stereocenters. The summed E-state index contributed by atoms with van der Waals surface area (Å²) >= 11 is 5.81. The van der Waals surface area contributed by atoms with Crippen molar-refractivity contribution in [2.75, 3.05) is 24.4 Å². The highest BCUT2D eigenvalue weighted by molar-refractivity contribution is 7.90. The van der Waals surface area contributed by atoms with E-state index in [1.165, 1.54) is 19.7 Å². The third kappa shape index (κ3) is 4.35. The Morgan fingerprint density at radius 3 is 2.71 bits per heavy atom. The van der Waals surface area contributed by atoms with Gasteiger partial charge in [0, 0.05) is 12.3 Å². The molecule has 0 saturated carbocycles. The molecule has 0 bridgehead atoms. The molecule has 0 saturated heterocycles. The van der Waals surface area contributed by atoms with Crippen LogP contribution >= 0.6 is 11.6 Å². The monoisotopic (exact) mass is 279 g/mol. The molecule has 1 unspecified atom stereocenters. The molecular weight excluding hydrogens is 266 g/mol. The van der Waals surface area contributed by atoms with Gasteiger partial charge in [-0.1, -0.05) is 11.6 Å². The summed E-state index contributed by atoms with van der Waals surface area (Å²) in [4.78, 5) is 7.72. The van der Waals surface area contributed by atoms with Crippen molar-refractivity contribution in [2.24, 2.45) is 0 Å². The maximum absolute atomic E-state index is 11.1. The Morgan fingerprint density at radius 1 is 1.53 bits per heavy atom. The van der Waals surface area contributed by atoms with E-state index in [-0.39, 0.29) is 16.9 Å². The van der Waals surface area contributed by atoms with E-state index in [0.717, 1.165) is 0 Å². The van der Waals surface area contributed by atoms with Crippen molar-refractivity contribution < 1.29 is 13.2 Å². The van der Waals surface area contributed by atoms with Crippen LogP contribution in [0.3, 0.4) is 0 Å². The topological polar surface area (TPSA) is 81.2 Å². The fourth-order valence-corrected chi connectivity index (χ4v) is 2.57. The van der Waals surface area contributed by atoms with Crippen LogP contribution in [0.2, 0.25) is 5.15 Å². The molecule has 1 N–H and O–H groups in total. The van der Waals surface area contributed by atoms with E-state index in [9.17, 15) is 8.42 Å². The minimum absolute atomic E-state index is 0.00221. The van der Waals surface area contributed by atoms with E-state index in [4.69, 9.17) is 16.3 Å². The first-order chi connectivity index (χ1) is 7.83. The van der Waals surface area contributed by atoms with E-state index in [0.29, 0.717) is 11.6 Å². The lowest BCUT2D eigenvalue weighted by atomic mass is 10.4. The molecule has 8 heteroatoms. The van der Waals surface area contributed by atoms with E-state index < -0.39 is 9.84 Å². The van der Waals surface area contributed by atoms with E-state index in [1.807, 2.05) is 0 Å². The first kappa shape index (κ1) is 14.0. The normalized spacial score (nSPS) is 13.2. The number of rotatable bonds is 5. The van der Waals surface area contributed by atoms with Gasteiger partial charge in [0.1, 0.15) is 16.2 Å². The molecule has 0 aliphatic heterocycles. The molecular formula is C9H14ClN3O3S. The molecule has 96 valence electrons. The maximum Gasteiger partial charge on any atom is 0.198 e. The van der Waals surface area contributed by atoms with Crippen molar-refractivity contribution in [3.05, 3.63) is 11.5 Å². The minimum Gasteiger partial charge on any atom is -0.490 e. The van der Waals surface area contributed by atoms with Crippen LogP contribution in [0, 0.1) is 0 Å². The lowest BCUT2D eigenvalue weighted by Gasteiger charge is -2.15. The fourth-order valence-electron chi connectivity index (χ4n) is 1.37. The van der Waals surface area contributed by atoms with Gasteiger partial charge in [-0.2, -0.15) is 0 Å². The summed E-state index contributed by atoms with van der Waals surface area (Å²) in [6.45, 7) is 1.73. The lowest BCUT2D eigenvalue weighted by molar-refractivity contribution is 0.412. The lowest BCUT2D eigenvalue weighted by Crippen LogP contribution is -2.25. The third-order valence-corrected chi connectivity index (χ3v) is 3.28. The zero-order valence-electron chi connectivity index (χ0n) is 9.77. The Balaban J connectivity index is 2.85. The SMILES string of the molecule is COc1c(Cl)ncnc1NC(C)CS(C)(=O)=O. The van der Waals surface area contributed by atoms with Crippen LogP contribution in [0.1, 0.15) is 6.92 Å². The molecule has 6 nitrogen and oxygen atoms in total. The van der Waals surface area contributed by atoms with E-state index >= 15 is 0 Å². The second-order valence-electron chi connectivity index (χ2n) is 3.68. The number of ether oxygens (including phenoxy) is 1. The molecule has 1 rings (SSSR count). The number of nitrogens with one attached hydrogen (secondary N) is 1. The van der Waals surface area contributed by atoms with Crippen molar-refractivity contribution in [2.45, 2.75) is 13.0 Å². The molecule has 1 heterocycles. The Bertz CT molecular complexity index is 492. The smallest absolute Gasteiger partial charge is 0.198 e. The zero-order valence-corrected chi connectivity index (χ0v) is 11.3. The molecule has 1 aromatic rings. The highest BCUT2D eigenvalue weighted by Crippen LogP contribution is 2.28. The standard InChI is InChI=1S/C9H14ClN3O3S/c1-6(4-17(3,14)15)13-9-7(16-2)8(10)11-5-12-9/h5-6H,4H2,1-3H3,(H,11,12,13). The Kier molecular flexibility index (Phi) is 4.53. The molecule has 1 aromatic heterocycles. The molecule has 0 aliphatic carbocycles. The summed E-state index contributed by atoms with van der Waals surface area (Å²) in [5.74, 6) is 0.677. The molecule has 0 aliphatic rings. The van der Waals surface area contributed by atoms with Gasteiger partial charge in [0.2, 0.25) is 0 Å². The van der Waals surface area contributed by atoms with E-state index in [2.05, 4.69) is 15.3 Å². The van der Waals surface area contributed by atoms with Gasteiger partial charge in [0.25, 0.3) is 0 Å². The molecule has 0 amide bonds. The average Bonchev–Trinajstić information content (AvgIpc) is 2.14. The number of aromatic nitrogens is 2. The number of nitrogens with zero attached hydrogens (tertiary/aromatic N) is 2. The van der Waals surface area contributed by atoms with Crippen molar-refractivity contribution in [1.29, 1.82) is 0 Å². The van der Waals surface area contributed by atoms with Crippen LogP contribution in [-0.2, 0) is 9.84 Å². The molecule has 0 aromatic carbocycles. The molecule has 0 fully saturated rings. The third-order valence-electron chi connectivity index (χ3n) is 1.90. The van der Waals surface area contributed by atoms with Crippen LogP contribution < -0.4 is 10.1 Å². The predicted molar refractivity (Wildman–Crippen MR) is 66.4 cm³/mol. The Morgan fingerprint density at radius 2 is 2.18 bits per heavy atom. The molecule has 0 radical (unpaired) electrons. The second-order valence-corrected chi connectivity index (χ2v) is 6.23. The number of halogens is 1. The van der Waals surface area contributed by atoms with Gasteiger partial charge in [-0.15, -0.1) is 0 Å². The van der Waals surface area contributed by atoms with Crippen LogP contribution in [0.5, 0.6) is 5.75 Å². The summed E-state index contributed by atoms with van der Waals surface area (Å²) in [7, 11) is -1.61. The number of anilines is 1. The largest absolute Gasteiger partial charge is 0.490 e. The first-order valence-electron chi connectivity index (χ1n) is 4.82. The van der Waals surface area contributed by atoms with Crippen molar-refractivity contribution >= 4 is 27.3 Å². The van der Waals surface area contributed by atoms with Crippen LogP contribution in [0.15, 0.2) is 6.33 Å². The van der Waals surface area contributed by atoms with Gasteiger partial charge in [0.05, 0.1) is 12.9 Å². The highest BCUT2D eigenvalue weighted by Gasteiger charge is 2.15. The van der Waals surface area contributed by atoms with E-state index in [1.54, 1.807) is 6.92 Å². The summed E-state index contributed by atoms with van der Waals surface area (Å²) in [6.07, 6.45) is 2.45. The summed E-state index contributed by atoms with van der Waals surface area (Å²) in [6, 6.07) is -0.301. The quantitative estimate of drug-likeness (QED) is 0.810. The number of hydrogen-bond donors (Lipinski definition) is 1. The van der Waals surface area contributed by atoms with Gasteiger partial charge in [-0.3, -0.25) is 0 Å². The number of hydrogen-bond acceptors (Lipinski definition) is 6. The minimum atomic E-state index is -3.05. The fraction of sp³-hybridized carbons (Fsp3) is 0.556. The summed E-state index contributed by atoms with van der Waals surface area (Å²) in [5.41, 5.74) is 0. The number of sulfone groups is 1. The summed E-state index contributed by atoms with van der Waals surface area (Å²) < 4.78 is 27.3. The van der Waals surface area contributed by atoms with Gasteiger partial charge in [-0.25, -0.2) is 18.4 Å². The van der Waals surface area contributed by atoms with Gasteiger partial charge in [0.15, 0.2) is 16.7 Å². The first-order valence-corrected chi connectivity index (χ1v) is 7.26. The summed E-state index contributed by atoms with van der Waals surface area (Å²) in [5, 5.41) is 3.10. The second kappa shape index (κ2) is 5.50. The van der Waals surface area contributed by atoms with Gasteiger partial charge >= 0.3 is 0 Å². The van der Waals surface area contributed by atoms with Crippen LogP contribution in [0.4, 0.5) is 5.82 Å². The average molecular weight is 280 g/mol. The zero-order chi connectivity index (χ0) is 13.1. The van der Waals surface area contributed by atoms with Gasteiger partial charge < -0.3 is 10.1 Å². The predicted octanol–water partition coefficient (Wildman–Crippen LogP) is 0.984. The van der Waals surface area contributed by atoms with Gasteiger partial charge in [-0.05, 0) is 6.92 Å². The molecule has 17 heavy (non-hydrogen) atoms. The van der Waals surface area contributed by atoms with Crippen molar-refractivity contribution in [3.8, 4) is 5.75 Å². The van der Waals surface area contributed by atoms with Crippen molar-refractivity contribution in [1.82, 2.24) is 9.97 Å². The van der Waals surface area contributed by atoms with Crippen LogP contribution in [0.25, 0.3) is 0 Å². The van der Waals surface area contributed by atoms with Crippen LogP contribution in [-0.4, -0.2) is 43.5 Å². The Labute approximate surface area is 105 Å². The molecule has 0 spiro atoms. The Hall–Kier alpha value is -1.08.